The smallest absolute Gasteiger partial charge is 0.261 e. The topological polar surface area (TPSA) is 64.4 Å². The Morgan fingerprint density at radius 1 is 1.22 bits per heavy atom. The van der Waals surface area contributed by atoms with Gasteiger partial charge in [-0.2, -0.15) is 0 Å². The van der Waals surface area contributed by atoms with Crippen molar-refractivity contribution in [3.8, 4) is 5.75 Å². The van der Waals surface area contributed by atoms with E-state index >= 15 is 0 Å². The minimum Gasteiger partial charge on any atom is -0.491 e. The van der Waals surface area contributed by atoms with E-state index in [9.17, 15) is 14.3 Å². The van der Waals surface area contributed by atoms with Crippen LogP contribution in [0.1, 0.15) is 0 Å². The fourth-order valence-corrected chi connectivity index (χ4v) is 2.25. The normalized spacial score (nSPS) is 12.3. The van der Waals surface area contributed by atoms with Crippen molar-refractivity contribution in [2.24, 2.45) is 0 Å². The maximum absolute atomic E-state index is 13.1. The van der Waals surface area contributed by atoms with E-state index in [-0.39, 0.29) is 18.7 Å². The first-order chi connectivity index (χ1) is 11.1. The van der Waals surface area contributed by atoms with Crippen molar-refractivity contribution in [3.63, 3.8) is 0 Å². The summed E-state index contributed by atoms with van der Waals surface area (Å²) in [6.07, 6.45) is 0.433. The van der Waals surface area contributed by atoms with Crippen LogP contribution in [0.3, 0.4) is 0 Å². The molecule has 23 heavy (non-hydrogen) atoms. The zero-order valence-electron chi connectivity index (χ0n) is 12.2. The van der Waals surface area contributed by atoms with Crippen molar-refractivity contribution >= 4 is 10.9 Å². The molecule has 0 aliphatic rings. The quantitative estimate of drug-likeness (QED) is 0.782. The predicted molar refractivity (Wildman–Crippen MR) is 83.9 cm³/mol. The third kappa shape index (κ3) is 3.54. The molecule has 1 aromatic heterocycles. The van der Waals surface area contributed by atoms with Crippen LogP contribution in [0.5, 0.6) is 5.75 Å². The van der Waals surface area contributed by atoms with E-state index in [1.165, 1.54) is 29.1 Å². The Kier molecular flexibility index (Phi) is 4.34. The Balaban J connectivity index is 1.72. The fraction of sp³-hybridized carbons (Fsp3) is 0.176. The highest BCUT2D eigenvalue weighted by atomic mass is 19.1. The highest BCUT2D eigenvalue weighted by Crippen LogP contribution is 2.10. The number of aliphatic hydroxyl groups excluding tert-OH is 1. The van der Waals surface area contributed by atoms with Crippen molar-refractivity contribution in [1.82, 2.24) is 9.55 Å². The van der Waals surface area contributed by atoms with Crippen molar-refractivity contribution in [2.45, 2.75) is 12.6 Å². The van der Waals surface area contributed by atoms with Gasteiger partial charge in [-0.05, 0) is 24.3 Å². The summed E-state index contributed by atoms with van der Waals surface area (Å²) in [7, 11) is 0. The van der Waals surface area contributed by atoms with Gasteiger partial charge in [0.25, 0.3) is 5.56 Å². The summed E-state index contributed by atoms with van der Waals surface area (Å²) >= 11 is 0. The average molecular weight is 314 g/mol. The van der Waals surface area contributed by atoms with Crippen LogP contribution in [0.25, 0.3) is 10.9 Å². The second kappa shape index (κ2) is 6.58. The predicted octanol–water partition coefficient (Wildman–Crippen LogP) is 1.98. The lowest BCUT2D eigenvalue weighted by Crippen LogP contribution is -2.30. The van der Waals surface area contributed by atoms with Gasteiger partial charge in [-0.1, -0.05) is 18.2 Å². The maximum Gasteiger partial charge on any atom is 0.261 e. The number of hydrogen-bond donors (Lipinski definition) is 1. The lowest BCUT2D eigenvalue weighted by molar-refractivity contribution is 0.0915. The Morgan fingerprint density at radius 2 is 2.00 bits per heavy atom. The summed E-state index contributed by atoms with van der Waals surface area (Å²) in [5.74, 6) is 0.199. The van der Waals surface area contributed by atoms with Gasteiger partial charge in [0.2, 0.25) is 0 Å². The minimum atomic E-state index is -0.868. The zero-order chi connectivity index (χ0) is 16.2. The zero-order valence-corrected chi connectivity index (χ0v) is 12.2. The highest BCUT2D eigenvalue weighted by molar-refractivity contribution is 5.77. The van der Waals surface area contributed by atoms with Crippen LogP contribution >= 0.6 is 0 Å². The van der Waals surface area contributed by atoms with Crippen LogP contribution in [-0.4, -0.2) is 27.4 Å². The third-order valence-corrected chi connectivity index (χ3v) is 3.38. The monoisotopic (exact) mass is 314 g/mol. The molecule has 0 bridgehead atoms. The summed E-state index contributed by atoms with van der Waals surface area (Å²) in [5, 5.41) is 10.3. The third-order valence-electron chi connectivity index (χ3n) is 3.38. The van der Waals surface area contributed by atoms with Crippen LogP contribution < -0.4 is 10.3 Å². The van der Waals surface area contributed by atoms with E-state index in [0.717, 1.165) is 0 Å². The Morgan fingerprint density at radius 3 is 2.78 bits per heavy atom. The van der Waals surface area contributed by atoms with Crippen LogP contribution in [0.2, 0.25) is 0 Å². The molecule has 0 aliphatic heterocycles. The molecule has 0 spiro atoms. The molecule has 0 amide bonds. The van der Waals surface area contributed by atoms with Gasteiger partial charge in [-0.15, -0.1) is 0 Å². The molecule has 0 fully saturated rings. The van der Waals surface area contributed by atoms with Crippen molar-refractivity contribution < 1.29 is 14.2 Å². The van der Waals surface area contributed by atoms with Crippen LogP contribution in [0.15, 0.2) is 59.7 Å². The standard InChI is InChI=1S/C17H15FN2O3/c18-12-6-7-15-16(8-12)19-11-20(17(15)22)9-13(21)10-23-14-4-2-1-3-5-14/h1-8,11,13,21H,9-10H2/t13-/m0/s1. The Bertz CT molecular complexity index is 865. The van der Waals surface area contributed by atoms with Crippen LogP contribution in [0.4, 0.5) is 4.39 Å². The first kappa shape index (κ1) is 15.2. The molecule has 3 aromatic rings. The molecule has 0 saturated heterocycles. The van der Waals surface area contributed by atoms with Crippen molar-refractivity contribution in [1.29, 1.82) is 0 Å². The molecule has 5 nitrogen and oxygen atoms in total. The fourth-order valence-electron chi connectivity index (χ4n) is 2.25. The lowest BCUT2D eigenvalue weighted by atomic mass is 10.2. The van der Waals surface area contributed by atoms with E-state index in [2.05, 4.69) is 4.98 Å². The summed E-state index contributed by atoms with van der Waals surface area (Å²) in [4.78, 5) is 16.3. The number of ether oxygens (including phenoxy) is 1. The molecule has 1 atom stereocenters. The second-order valence-corrected chi connectivity index (χ2v) is 5.14. The van der Waals surface area contributed by atoms with E-state index in [4.69, 9.17) is 4.74 Å². The number of aromatic nitrogens is 2. The summed E-state index contributed by atoms with van der Waals surface area (Å²) < 4.78 is 19.9. The lowest BCUT2D eigenvalue weighted by Gasteiger charge is -2.14. The SMILES string of the molecule is O=c1c2ccc(F)cc2ncn1C[C@H](O)COc1ccccc1. The minimum absolute atomic E-state index is 0.0476. The summed E-state index contributed by atoms with van der Waals surface area (Å²) in [5.41, 5.74) is -0.0324. The maximum atomic E-state index is 13.1. The summed E-state index contributed by atoms with van der Waals surface area (Å²) in [6.45, 7) is 0.101. The molecule has 2 aromatic carbocycles. The Labute approximate surface area is 131 Å². The van der Waals surface area contributed by atoms with Gasteiger partial charge >= 0.3 is 0 Å². The molecule has 6 heteroatoms. The number of aliphatic hydroxyl groups is 1. The van der Waals surface area contributed by atoms with E-state index in [1.54, 1.807) is 12.1 Å². The number of fused-ring (bicyclic) bond motifs is 1. The molecule has 0 radical (unpaired) electrons. The highest BCUT2D eigenvalue weighted by Gasteiger charge is 2.10. The van der Waals surface area contributed by atoms with Crippen molar-refractivity contribution in [2.75, 3.05) is 6.61 Å². The Hall–Kier alpha value is -2.73. The van der Waals surface area contributed by atoms with Crippen molar-refractivity contribution in [3.05, 3.63) is 71.0 Å². The first-order valence-corrected chi connectivity index (χ1v) is 7.14. The number of halogens is 1. The number of hydrogen-bond acceptors (Lipinski definition) is 4. The van der Waals surface area contributed by atoms with E-state index in [1.807, 2.05) is 18.2 Å². The van der Waals surface area contributed by atoms with Gasteiger partial charge in [-0.3, -0.25) is 9.36 Å². The molecule has 0 aliphatic carbocycles. The number of nitrogens with zero attached hydrogens (tertiary/aromatic N) is 2. The van der Waals surface area contributed by atoms with Gasteiger partial charge in [0.15, 0.2) is 0 Å². The average Bonchev–Trinajstić information content (AvgIpc) is 2.56. The van der Waals surface area contributed by atoms with Crippen LogP contribution in [-0.2, 0) is 6.54 Å². The molecule has 3 rings (SSSR count). The summed E-state index contributed by atoms with van der Waals surface area (Å²) in [6, 6.07) is 12.9. The molecule has 1 N–H and O–H groups in total. The molecule has 1 heterocycles. The molecular weight excluding hydrogens is 299 g/mol. The molecule has 118 valence electrons. The van der Waals surface area contributed by atoms with Crippen LogP contribution in [0, 0.1) is 5.82 Å². The number of rotatable bonds is 5. The molecule has 0 saturated carbocycles. The van der Waals surface area contributed by atoms with Gasteiger partial charge in [0.05, 0.1) is 23.8 Å². The molecule has 0 unspecified atom stereocenters. The second-order valence-electron chi connectivity index (χ2n) is 5.14. The van der Waals surface area contributed by atoms with E-state index < -0.39 is 11.9 Å². The van der Waals surface area contributed by atoms with E-state index in [0.29, 0.717) is 16.7 Å². The van der Waals surface area contributed by atoms with Gasteiger partial charge in [0, 0.05) is 6.07 Å². The molecular formula is C17H15FN2O3. The largest absolute Gasteiger partial charge is 0.491 e. The van der Waals surface area contributed by atoms with Gasteiger partial charge < -0.3 is 9.84 Å². The number of benzene rings is 2. The number of para-hydroxylation sites is 1. The first-order valence-electron chi connectivity index (χ1n) is 7.14. The van der Waals surface area contributed by atoms with Gasteiger partial charge in [-0.25, -0.2) is 9.37 Å². The van der Waals surface area contributed by atoms with Gasteiger partial charge in [0.1, 0.15) is 24.3 Å².